The third-order valence-corrected chi connectivity index (χ3v) is 4.83. The van der Waals surface area contributed by atoms with E-state index in [9.17, 15) is 27.5 Å². The lowest BCUT2D eigenvalue weighted by atomic mass is 9.94. The quantitative estimate of drug-likeness (QED) is 0.485. The lowest BCUT2D eigenvalue weighted by Gasteiger charge is -2.23. The maximum atomic E-state index is 13.9. The zero-order valence-corrected chi connectivity index (χ0v) is 16.1. The number of hydrogen-bond acceptors (Lipinski definition) is 3. The van der Waals surface area contributed by atoms with E-state index in [0.717, 1.165) is 12.1 Å². The van der Waals surface area contributed by atoms with E-state index in [1.54, 1.807) is 6.92 Å². The van der Waals surface area contributed by atoms with Gasteiger partial charge in [0, 0.05) is 12.5 Å². The van der Waals surface area contributed by atoms with Crippen LogP contribution in [-0.2, 0) is 23.9 Å². The second-order valence-electron chi connectivity index (χ2n) is 7.30. The normalized spacial score (nSPS) is 13.8. The van der Waals surface area contributed by atoms with Gasteiger partial charge in [0.25, 0.3) is 0 Å². The second kappa shape index (κ2) is 7.54. The number of nitrogens with zero attached hydrogens (tertiary/aromatic N) is 3. The summed E-state index contributed by atoms with van der Waals surface area (Å²) in [5.41, 5.74) is -2.34. The van der Waals surface area contributed by atoms with Gasteiger partial charge in [-0.15, -0.1) is 0 Å². The molecule has 0 fully saturated rings. The highest BCUT2D eigenvalue weighted by atomic mass is 19.4. The molecule has 0 aliphatic carbocycles. The van der Waals surface area contributed by atoms with Crippen LogP contribution in [0.3, 0.4) is 0 Å². The average Bonchev–Trinajstić information content (AvgIpc) is 3.02. The van der Waals surface area contributed by atoms with Gasteiger partial charge in [-0.3, -0.25) is 4.79 Å². The molecule has 2 aromatic carbocycles. The third-order valence-electron chi connectivity index (χ3n) is 4.83. The minimum atomic E-state index is -4.74. The van der Waals surface area contributed by atoms with Crippen LogP contribution in [0.5, 0.6) is 0 Å². The first-order valence-corrected chi connectivity index (χ1v) is 8.86. The van der Waals surface area contributed by atoms with E-state index in [2.05, 4.69) is 9.83 Å². The van der Waals surface area contributed by atoms with Gasteiger partial charge in [0.05, 0.1) is 36.0 Å². The molecule has 3 aromatic rings. The van der Waals surface area contributed by atoms with Gasteiger partial charge in [-0.1, -0.05) is 18.2 Å². The zero-order chi connectivity index (χ0) is 22.3. The van der Waals surface area contributed by atoms with Crippen LogP contribution in [-0.4, -0.2) is 26.0 Å². The fourth-order valence-electron chi connectivity index (χ4n) is 3.12. The summed E-state index contributed by atoms with van der Waals surface area (Å²) in [4.78, 5) is 19.6. The Bertz CT molecular complexity index is 1170. The van der Waals surface area contributed by atoms with Crippen LogP contribution in [0.25, 0.3) is 15.9 Å². The number of aliphatic hydroxyl groups is 1. The predicted molar refractivity (Wildman–Crippen MR) is 101 cm³/mol. The average molecular weight is 419 g/mol. The molecule has 3 rings (SSSR count). The molecule has 1 atom stereocenters. The molecule has 1 N–H and O–H groups in total. The molecule has 9 heteroatoms. The molecule has 1 aromatic heterocycles. The molecule has 0 spiro atoms. The molecular formula is C21H17F4N3O2. The first-order chi connectivity index (χ1) is 13.9. The number of halogens is 4. The summed E-state index contributed by atoms with van der Waals surface area (Å²) in [6.45, 7) is 9.43. The number of aryl methyl sites for hydroxylation is 1. The van der Waals surface area contributed by atoms with Crippen LogP contribution in [0.15, 0.2) is 36.7 Å². The Morgan fingerprint density at radius 2 is 1.97 bits per heavy atom. The molecule has 0 aliphatic rings. The topological polar surface area (TPSA) is 59.5 Å². The minimum Gasteiger partial charge on any atom is -0.380 e. The van der Waals surface area contributed by atoms with Gasteiger partial charge in [0.2, 0.25) is 0 Å². The summed E-state index contributed by atoms with van der Waals surface area (Å²) in [7, 11) is 0. The standard InChI is InChI=1S/C21H17F4N3O2/c1-12-6-17-18(9-15(12)22)28(11-27-17)10-20(2,30)19(29)8-13-4-5-16(26-3)14(7-13)21(23,24)25/h4-7,9,11,30H,8,10H2,1-2H3/t20-/m0/s1. The number of alkyl halides is 3. The molecule has 0 radical (unpaired) electrons. The number of benzene rings is 2. The molecule has 30 heavy (non-hydrogen) atoms. The number of carbonyl (C=O) groups is 1. The van der Waals surface area contributed by atoms with E-state index in [-0.39, 0.29) is 12.1 Å². The van der Waals surface area contributed by atoms with Crippen LogP contribution < -0.4 is 0 Å². The summed E-state index contributed by atoms with van der Waals surface area (Å²) >= 11 is 0. The smallest absolute Gasteiger partial charge is 0.380 e. The maximum absolute atomic E-state index is 13.9. The molecule has 0 saturated heterocycles. The Balaban J connectivity index is 1.85. The number of carbonyl (C=O) groups excluding carboxylic acids is 1. The highest BCUT2D eigenvalue weighted by molar-refractivity contribution is 5.89. The van der Waals surface area contributed by atoms with Crippen LogP contribution >= 0.6 is 0 Å². The highest BCUT2D eigenvalue weighted by Crippen LogP contribution is 2.37. The molecule has 0 bridgehead atoms. The largest absolute Gasteiger partial charge is 0.407 e. The van der Waals surface area contributed by atoms with Gasteiger partial charge in [-0.25, -0.2) is 14.2 Å². The number of rotatable bonds is 5. The van der Waals surface area contributed by atoms with E-state index in [0.29, 0.717) is 16.6 Å². The fourth-order valence-corrected chi connectivity index (χ4v) is 3.12. The second-order valence-corrected chi connectivity index (χ2v) is 7.30. The van der Waals surface area contributed by atoms with E-state index < -0.39 is 41.0 Å². The summed E-state index contributed by atoms with van der Waals surface area (Å²) in [5.74, 6) is -1.18. The molecule has 0 amide bonds. The number of imidazole rings is 1. The van der Waals surface area contributed by atoms with Crippen molar-refractivity contribution in [3.63, 3.8) is 0 Å². The van der Waals surface area contributed by atoms with Crippen molar-refractivity contribution in [2.75, 3.05) is 0 Å². The van der Waals surface area contributed by atoms with E-state index in [4.69, 9.17) is 6.57 Å². The fraction of sp³-hybridized carbons (Fsp3) is 0.286. The Morgan fingerprint density at radius 3 is 2.60 bits per heavy atom. The molecule has 0 unspecified atom stereocenters. The van der Waals surface area contributed by atoms with Crippen LogP contribution in [0.2, 0.25) is 0 Å². The number of aromatic nitrogens is 2. The maximum Gasteiger partial charge on any atom is 0.407 e. The SMILES string of the molecule is [C-]#[N+]c1ccc(CC(=O)[C@@](C)(O)Cn2cnc3cc(C)c(F)cc32)cc1C(F)(F)F. The lowest BCUT2D eigenvalue weighted by Crippen LogP contribution is -2.40. The van der Waals surface area contributed by atoms with E-state index in [1.165, 1.54) is 36.0 Å². The van der Waals surface area contributed by atoms with Crippen molar-refractivity contribution in [2.24, 2.45) is 0 Å². The van der Waals surface area contributed by atoms with E-state index in [1.807, 2.05) is 0 Å². The third kappa shape index (κ3) is 4.19. The minimum absolute atomic E-state index is 0.0251. The Kier molecular flexibility index (Phi) is 5.39. The first kappa shape index (κ1) is 21.5. The predicted octanol–water partition coefficient (Wildman–Crippen LogP) is 4.62. The number of Topliss-reactive ketones (excluding diaryl/α,β-unsaturated/α-hetero) is 1. The van der Waals surface area contributed by atoms with Crippen LogP contribution in [0.1, 0.15) is 23.6 Å². The zero-order valence-electron chi connectivity index (χ0n) is 16.1. The summed E-state index contributed by atoms with van der Waals surface area (Å²) in [6.07, 6.45) is -3.84. The van der Waals surface area contributed by atoms with Gasteiger partial charge < -0.3 is 9.67 Å². The Labute approximate surface area is 169 Å². The summed E-state index contributed by atoms with van der Waals surface area (Å²) in [6, 6.07) is 5.78. The first-order valence-electron chi connectivity index (χ1n) is 8.86. The van der Waals surface area contributed by atoms with Crippen molar-refractivity contribution in [2.45, 2.75) is 38.6 Å². The molecule has 1 heterocycles. The molecular weight excluding hydrogens is 402 g/mol. The van der Waals surface area contributed by atoms with Crippen molar-refractivity contribution in [1.29, 1.82) is 0 Å². The molecule has 0 aliphatic heterocycles. The summed E-state index contributed by atoms with van der Waals surface area (Å²) < 4.78 is 54.7. The summed E-state index contributed by atoms with van der Waals surface area (Å²) in [5, 5.41) is 10.7. The Morgan fingerprint density at radius 1 is 1.27 bits per heavy atom. The van der Waals surface area contributed by atoms with Crippen LogP contribution in [0, 0.1) is 19.3 Å². The number of fused-ring (bicyclic) bond motifs is 1. The highest BCUT2D eigenvalue weighted by Gasteiger charge is 2.35. The monoisotopic (exact) mass is 419 g/mol. The van der Waals surface area contributed by atoms with Gasteiger partial charge in [0.15, 0.2) is 11.5 Å². The van der Waals surface area contributed by atoms with Crippen molar-refractivity contribution < 1.29 is 27.5 Å². The van der Waals surface area contributed by atoms with Gasteiger partial charge in [-0.05, 0) is 31.0 Å². The lowest BCUT2D eigenvalue weighted by molar-refractivity contribution is -0.138. The van der Waals surface area contributed by atoms with Crippen molar-refractivity contribution in [3.8, 4) is 0 Å². The van der Waals surface area contributed by atoms with Gasteiger partial charge >= 0.3 is 6.18 Å². The molecule has 5 nitrogen and oxygen atoms in total. The number of hydrogen-bond donors (Lipinski definition) is 1. The van der Waals surface area contributed by atoms with Gasteiger partial charge in [0.1, 0.15) is 11.4 Å². The van der Waals surface area contributed by atoms with Gasteiger partial charge in [-0.2, -0.15) is 13.2 Å². The molecule has 0 saturated carbocycles. The van der Waals surface area contributed by atoms with Crippen molar-refractivity contribution in [3.05, 3.63) is 70.6 Å². The van der Waals surface area contributed by atoms with Crippen molar-refractivity contribution in [1.82, 2.24) is 9.55 Å². The van der Waals surface area contributed by atoms with Crippen LogP contribution in [0.4, 0.5) is 23.2 Å². The van der Waals surface area contributed by atoms with Crippen molar-refractivity contribution >= 4 is 22.5 Å². The molecule has 156 valence electrons. The Hall–Kier alpha value is -3.25. The van der Waals surface area contributed by atoms with E-state index >= 15 is 0 Å². The number of ketones is 1.